The first-order chi connectivity index (χ1) is 36.1. The summed E-state index contributed by atoms with van der Waals surface area (Å²) >= 11 is 0. The first-order valence-electron chi connectivity index (χ1n) is 24.3. The average Bonchev–Trinajstić information content (AvgIpc) is 3.87. The Labute approximate surface area is 446 Å². The number of benzene rings is 2. The summed E-state index contributed by atoms with van der Waals surface area (Å²) in [5.41, 5.74) is 29.4. The molecule has 0 spiro atoms. The van der Waals surface area contributed by atoms with Crippen LogP contribution in [0.1, 0.15) is 69.4 Å². The molecule has 76 heavy (non-hydrogen) atoms. The molecule has 2 aromatic carbocycles. The summed E-state index contributed by atoms with van der Waals surface area (Å²) in [4.78, 5) is 158. The van der Waals surface area contributed by atoms with Crippen LogP contribution in [0.5, 0.6) is 0 Å². The van der Waals surface area contributed by atoms with Crippen LogP contribution in [0.25, 0.3) is 0 Å². The highest BCUT2D eigenvalue weighted by Crippen LogP contribution is 2.26. The van der Waals surface area contributed by atoms with Crippen LogP contribution >= 0.6 is 21.6 Å². The number of nitrogens with two attached hydrogens (primary N) is 5. The van der Waals surface area contributed by atoms with Crippen molar-refractivity contribution in [2.45, 2.75) is 119 Å². The maximum Gasteiger partial charge on any atom is 0.300 e. The van der Waals surface area contributed by atoms with Gasteiger partial charge in [-0.3, -0.25) is 57.5 Å². The molecule has 11 amide bonds. The van der Waals surface area contributed by atoms with E-state index in [1.807, 2.05) is 0 Å². The molecule has 416 valence electrons. The van der Waals surface area contributed by atoms with E-state index in [0.717, 1.165) is 28.5 Å². The van der Waals surface area contributed by atoms with Crippen LogP contribution in [0, 0.1) is 0 Å². The third-order valence-electron chi connectivity index (χ3n) is 11.6. The van der Waals surface area contributed by atoms with Gasteiger partial charge in [0.2, 0.25) is 65.0 Å². The summed E-state index contributed by atoms with van der Waals surface area (Å²) in [6.45, 7) is 0.963. The van der Waals surface area contributed by atoms with E-state index in [1.54, 1.807) is 60.7 Å². The summed E-state index contributed by atoms with van der Waals surface area (Å²) in [5.74, 6) is -10.5. The molecule has 28 heteroatoms. The van der Waals surface area contributed by atoms with Crippen LogP contribution in [0.2, 0.25) is 0 Å². The fourth-order valence-corrected chi connectivity index (χ4v) is 10.0. The van der Waals surface area contributed by atoms with Crippen molar-refractivity contribution in [3.63, 3.8) is 0 Å². The second-order valence-corrected chi connectivity index (χ2v) is 20.3. The number of carboxylic acids is 1. The number of unbranched alkanes of at least 4 members (excludes halogenated alkanes) is 1. The lowest BCUT2D eigenvalue weighted by Gasteiger charge is -2.31. The predicted molar refractivity (Wildman–Crippen MR) is 280 cm³/mol. The van der Waals surface area contributed by atoms with Gasteiger partial charge >= 0.3 is 0 Å². The molecule has 0 aliphatic carbocycles. The van der Waals surface area contributed by atoms with Gasteiger partial charge in [-0.05, 0) is 56.2 Å². The van der Waals surface area contributed by atoms with E-state index in [9.17, 15) is 52.7 Å². The zero-order chi connectivity index (χ0) is 56.3. The largest absolute Gasteiger partial charge is 0.481 e. The summed E-state index contributed by atoms with van der Waals surface area (Å²) in [7, 11) is 2.07. The third kappa shape index (κ3) is 22.7. The number of likely N-dealkylation sites (tertiary alicyclic amines) is 1. The van der Waals surface area contributed by atoms with Crippen molar-refractivity contribution in [1.29, 1.82) is 0 Å². The molecular formula is C48H69N13O13S2. The SMILES string of the molecule is CC(=O)O.NCCCC[C@H](NC(=O)[C@@H]1CCCN1C(=O)C1CSSC[C@H](N)C(=O)NC(Cc2ccccc2)C(=O)N[C@@H](Cc2ccccc2)C(=O)N[C@@H](CCC(N)=O)C(=O)NC(CC(N)=O)C(=O)N1)C(=O)NCC(N)=O. The monoisotopic (exact) mass is 1100 g/mol. The minimum atomic E-state index is -1.76. The fraction of sp³-hybridized carbons (Fsp3) is 0.500. The number of hydrogen-bond donors (Lipinski definition) is 13. The van der Waals surface area contributed by atoms with Crippen LogP contribution < -0.4 is 65.9 Å². The third-order valence-corrected chi connectivity index (χ3v) is 14.0. The number of rotatable bonds is 19. The van der Waals surface area contributed by atoms with Crippen LogP contribution in [-0.2, 0) is 70.4 Å². The summed E-state index contributed by atoms with van der Waals surface area (Å²) < 4.78 is 0. The molecule has 2 saturated heterocycles. The number of primary amides is 3. The van der Waals surface area contributed by atoms with Crippen molar-refractivity contribution in [3.05, 3.63) is 71.8 Å². The van der Waals surface area contributed by atoms with E-state index in [1.165, 1.54) is 4.90 Å². The van der Waals surface area contributed by atoms with Gasteiger partial charge in [0.05, 0.1) is 19.0 Å². The Morgan fingerprint density at radius 1 is 0.697 bits per heavy atom. The summed E-state index contributed by atoms with van der Waals surface area (Å²) in [6.07, 6.45) is -0.141. The Bertz CT molecular complexity index is 2350. The van der Waals surface area contributed by atoms with Gasteiger partial charge in [-0.1, -0.05) is 82.3 Å². The summed E-state index contributed by atoms with van der Waals surface area (Å²) in [6, 6.07) is 6.36. The molecule has 2 aliphatic heterocycles. The van der Waals surface area contributed by atoms with Crippen LogP contribution in [0.15, 0.2) is 60.7 Å². The van der Waals surface area contributed by atoms with Crippen molar-refractivity contribution >= 4 is 92.5 Å². The smallest absolute Gasteiger partial charge is 0.300 e. The van der Waals surface area contributed by atoms with E-state index in [4.69, 9.17) is 38.6 Å². The topological polar surface area (TPSA) is 443 Å². The number of aliphatic carboxylic acids is 1. The Hall–Kier alpha value is -7.30. The molecule has 2 aliphatic rings. The lowest BCUT2D eigenvalue weighted by molar-refractivity contribution is -0.142. The van der Waals surface area contributed by atoms with E-state index in [0.29, 0.717) is 36.9 Å². The molecule has 0 saturated carbocycles. The van der Waals surface area contributed by atoms with Crippen LogP contribution in [0.4, 0.5) is 0 Å². The fourth-order valence-electron chi connectivity index (χ4n) is 7.77. The number of carbonyl (C=O) groups excluding carboxylic acids is 11. The minimum Gasteiger partial charge on any atom is -0.481 e. The zero-order valence-corrected chi connectivity index (χ0v) is 43.6. The molecule has 8 atom stereocenters. The Morgan fingerprint density at radius 2 is 1.21 bits per heavy atom. The van der Waals surface area contributed by atoms with Crippen molar-refractivity contribution in [3.8, 4) is 0 Å². The molecule has 18 N–H and O–H groups in total. The van der Waals surface area contributed by atoms with Gasteiger partial charge in [-0.15, -0.1) is 0 Å². The van der Waals surface area contributed by atoms with E-state index >= 15 is 0 Å². The molecule has 2 aromatic rings. The number of hydrogen-bond acceptors (Lipinski definition) is 16. The van der Waals surface area contributed by atoms with Gasteiger partial charge in [0.15, 0.2) is 0 Å². The lowest BCUT2D eigenvalue weighted by Crippen LogP contribution is -2.61. The Kier molecular flexibility index (Phi) is 27.3. The van der Waals surface area contributed by atoms with Gasteiger partial charge < -0.3 is 75.9 Å². The van der Waals surface area contributed by atoms with Crippen LogP contribution in [-0.4, -0.2) is 160 Å². The summed E-state index contributed by atoms with van der Waals surface area (Å²) in [5, 5.41) is 25.4. The molecule has 4 rings (SSSR count). The van der Waals surface area contributed by atoms with Crippen LogP contribution in [0.3, 0.4) is 0 Å². The van der Waals surface area contributed by atoms with E-state index in [-0.39, 0.29) is 43.7 Å². The minimum absolute atomic E-state index is 0.0198. The highest BCUT2D eigenvalue weighted by Gasteiger charge is 2.40. The molecule has 2 heterocycles. The van der Waals surface area contributed by atoms with E-state index < -0.39 is 145 Å². The molecule has 0 aromatic heterocycles. The normalized spacial score (nSPS) is 22.3. The van der Waals surface area contributed by atoms with Gasteiger partial charge in [0, 0.05) is 44.2 Å². The quantitative estimate of drug-likeness (QED) is 0.0472. The van der Waals surface area contributed by atoms with Gasteiger partial charge in [-0.2, -0.15) is 0 Å². The number of carboxylic acid groups (broad SMARTS) is 1. The maximum absolute atomic E-state index is 14.6. The standard InChI is InChI=1S/C46H65N13O11S2.C2H4O2/c47-18-8-7-14-29(40(64)52-23-38(51)62)54-45(69)35-15-9-19-59(35)46(70)34-25-72-71-24-28(48)39(63)55-31(20-26-10-3-1-4-11-26)43(67)56-32(21-27-12-5-2-6-13-27)42(66)53-30(16-17-36(49)60)41(65)57-33(22-37(50)61)44(68)58-34;1-2(3)4/h1-6,10-13,28-35H,7-9,14-25,47-48H2,(H2,49,60)(H2,50,61)(H2,51,62)(H,52,64)(H,53,66)(H,54,69)(H,55,63)(H,56,67)(H,57,65)(H,58,68);1H3,(H,3,4)/t28-,29-,30-,31?,32-,33?,34?,35-;/m0./s1. The maximum atomic E-state index is 14.6. The molecule has 0 radical (unpaired) electrons. The van der Waals surface area contributed by atoms with Gasteiger partial charge in [0.1, 0.15) is 42.3 Å². The molecule has 26 nitrogen and oxygen atoms in total. The second-order valence-electron chi connectivity index (χ2n) is 17.8. The second kappa shape index (κ2) is 32.9. The van der Waals surface area contributed by atoms with E-state index in [2.05, 4.69) is 37.2 Å². The lowest BCUT2D eigenvalue weighted by atomic mass is 10.0. The van der Waals surface area contributed by atoms with Crippen molar-refractivity contribution in [1.82, 2.24) is 42.1 Å². The molecule has 0 bridgehead atoms. The molecule has 2 fully saturated rings. The molecule has 3 unspecified atom stereocenters. The Morgan fingerprint density at radius 3 is 1.75 bits per heavy atom. The predicted octanol–water partition coefficient (Wildman–Crippen LogP) is -3.94. The first kappa shape index (κ1) is 63.0. The molecular weight excluding hydrogens is 1030 g/mol. The van der Waals surface area contributed by atoms with Gasteiger partial charge in [-0.25, -0.2) is 0 Å². The number of amides is 11. The first-order valence-corrected chi connectivity index (χ1v) is 26.8. The average molecular weight is 1100 g/mol. The zero-order valence-electron chi connectivity index (χ0n) is 42.0. The van der Waals surface area contributed by atoms with Crippen molar-refractivity contribution in [2.75, 3.05) is 31.1 Å². The number of nitrogens with zero attached hydrogens (tertiary/aromatic N) is 1. The highest BCUT2D eigenvalue weighted by molar-refractivity contribution is 8.76. The van der Waals surface area contributed by atoms with Gasteiger partial charge in [0.25, 0.3) is 5.97 Å². The highest BCUT2D eigenvalue weighted by atomic mass is 33.1. The van der Waals surface area contributed by atoms with Crippen molar-refractivity contribution < 1.29 is 62.6 Å². The number of carbonyl (C=O) groups is 12. The Balaban J connectivity index is 0.00000366. The number of nitrogens with one attached hydrogen (secondary N) is 7. The van der Waals surface area contributed by atoms with Crippen molar-refractivity contribution in [2.24, 2.45) is 28.7 Å².